The van der Waals surface area contributed by atoms with Gasteiger partial charge in [0.25, 0.3) is 0 Å². The molecule has 0 radical (unpaired) electrons. The molecule has 1 fully saturated rings. The first-order valence-electron chi connectivity index (χ1n) is 9.24. The van der Waals surface area contributed by atoms with E-state index in [4.69, 9.17) is 10.5 Å². The van der Waals surface area contributed by atoms with Crippen LogP contribution in [-0.2, 0) is 9.53 Å². The third-order valence-corrected chi connectivity index (χ3v) is 5.42. The monoisotopic (exact) mass is 332 g/mol. The smallest absolute Gasteiger partial charge is 0.224 e. The molecule has 134 valence electrons. The van der Waals surface area contributed by atoms with Crippen LogP contribution in [0.15, 0.2) is 30.3 Å². The van der Waals surface area contributed by atoms with Crippen molar-refractivity contribution in [2.45, 2.75) is 52.0 Å². The predicted molar refractivity (Wildman–Crippen MR) is 97.6 cm³/mol. The van der Waals surface area contributed by atoms with E-state index in [1.54, 1.807) is 0 Å². The summed E-state index contributed by atoms with van der Waals surface area (Å²) in [5.74, 6) is -0.188. The highest BCUT2D eigenvalue weighted by molar-refractivity contribution is 5.79. The van der Waals surface area contributed by atoms with Gasteiger partial charge in [0.05, 0.1) is 5.92 Å². The average Bonchev–Trinajstić information content (AvgIpc) is 3.08. The third-order valence-electron chi connectivity index (χ3n) is 5.42. The summed E-state index contributed by atoms with van der Waals surface area (Å²) in [7, 11) is 0. The average molecular weight is 332 g/mol. The van der Waals surface area contributed by atoms with E-state index in [0.717, 1.165) is 31.7 Å². The summed E-state index contributed by atoms with van der Waals surface area (Å²) >= 11 is 0. The van der Waals surface area contributed by atoms with E-state index in [0.29, 0.717) is 0 Å². The van der Waals surface area contributed by atoms with Crippen LogP contribution in [0, 0.1) is 11.3 Å². The van der Waals surface area contributed by atoms with Gasteiger partial charge in [-0.3, -0.25) is 4.79 Å². The Balaban J connectivity index is 1.88. The molecule has 0 aromatic heterocycles. The highest BCUT2D eigenvalue weighted by Crippen LogP contribution is 2.40. The Hall–Kier alpha value is -1.39. The van der Waals surface area contributed by atoms with Crippen LogP contribution in [-0.4, -0.2) is 25.7 Å². The van der Waals surface area contributed by atoms with Crippen LogP contribution >= 0.6 is 0 Å². The fourth-order valence-electron chi connectivity index (χ4n) is 3.64. The fraction of sp³-hybridized carbons (Fsp3) is 0.650. The van der Waals surface area contributed by atoms with Crippen molar-refractivity contribution >= 4 is 5.91 Å². The molecule has 0 bridgehead atoms. The van der Waals surface area contributed by atoms with Crippen molar-refractivity contribution in [1.29, 1.82) is 0 Å². The number of carbonyl (C=O) groups excluding carboxylic acids is 1. The largest absolute Gasteiger partial charge is 0.382 e. The molecular weight excluding hydrogens is 300 g/mol. The summed E-state index contributed by atoms with van der Waals surface area (Å²) in [5, 5.41) is 3.17. The van der Waals surface area contributed by atoms with Crippen molar-refractivity contribution in [3.05, 3.63) is 35.9 Å². The van der Waals surface area contributed by atoms with E-state index in [2.05, 4.69) is 5.32 Å². The molecule has 4 heteroatoms. The molecule has 1 aliphatic carbocycles. The van der Waals surface area contributed by atoms with Crippen LogP contribution in [0.1, 0.15) is 57.6 Å². The zero-order valence-corrected chi connectivity index (χ0v) is 15.1. The second-order valence-electron chi connectivity index (χ2n) is 7.10. The maximum absolute atomic E-state index is 12.6. The van der Waals surface area contributed by atoms with Gasteiger partial charge in [0, 0.05) is 25.8 Å². The van der Waals surface area contributed by atoms with Gasteiger partial charge in [0.1, 0.15) is 0 Å². The summed E-state index contributed by atoms with van der Waals surface area (Å²) in [6.07, 6.45) is 5.89. The van der Waals surface area contributed by atoms with Gasteiger partial charge >= 0.3 is 0 Å². The number of nitrogens with two attached hydrogens (primary N) is 1. The fourth-order valence-corrected chi connectivity index (χ4v) is 3.64. The normalized spacial score (nSPS) is 19.0. The molecule has 0 spiro atoms. The van der Waals surface area contributed by atoms with Crippen molar-refractivity contribution in [2.24, 2.45) is 17.1 Å². The molecule has 24 heavy (non-hydrogen) atoms. The zero-order valence-electron chi connectivity index (χ0n) is 15.1. The number of nitrogens with one attached hydrogen (secondary N) is 1. The predicted octanol–water partition coefficient (Wildman–Crippen LogP) is 3.43. The van der Waals surface area contributed by atoms with E-state index < -0.39 is 0 Å². The molecule has 4 nitrogen and oxygen atoms in total. The number of hydrogen-bond donors (Lipinski definition) is 2. The molecular formula is C20H32N2O2. The standard InChI is InChI=1S/C20H32N2O2/c1-3-24-14-13-20(11-7-8-12-20)15-22-19(23)16(2)18(21)17-9-5-4-6-10-17/h4-6,9-10,16,18H,3,7-8,11-15,21H2,1-2H3,(H,22,23). The van der Waals surface area contributed by atoms with Gasteiger partial charge in [-0.1, -0.05) is 50.1 Å². The van der Waals surface area contributed by atoms with Gasteiger partial charge in [0.15, 0.2) is 0 Å². The maximum atomic E-state index is 12.6. The van der Waals surface area contributed by atoms with Crippen LogP contribution in [0.5, 0.6) is 0 Å². The minimum Gasteiger partial charge on any atom is -0.382 e. The first-order valence-corrected chi connectivity index (χ1v) is 9.24. The van der Waals surface area contributed by atoms with Crippen molar-refractivity contribution in [3.63, 3.8) is 0 Å². The van der Waals surface area contributed by atoms with Gasteiger partial charge < -0.3 is 15.8 Å². The number of hydrogen-bond acceptors (Lipinski definition) is 3. The van der Waals surface area contributed by atoms with Crippen molar-refractivity contribution in [1.82, 2.24) is 5.32 Å². The molecule has 1 aromatic carbocycles. The van der Waals surface area contributed by atoms with Gasteiger partial charge in [-0.15, -0.1) is 0 Å². The van der Waals surface area contributed by atoms with Gasteiger partial charge in [-0.25, -0.2) is 0 Å². The quantitative estimate of drug-likeness (QED) is 0.681. The van der Waals surface area contributed by atoms with Crippen molar-refractivity contribution in [3.8, 4) is 0 Å². The molecule has 1 amide bonds. The first kappa shape index (κ1) is 18.9. The zero-order chi connectivity index (χ0) is 17.4. The number of amides is 1. The lowest BCUT2D eigenvalue weighted by molar-refractivity contribution is -0.125. The molecule has 2 atom stereocenters. The lowest BCUT2D eigenvalue weighted by Crippen LogP contribution is -2.41. The maximum Gasteiger partial charge on any atom is 0.224 e. The van der Waals surface area contributed by atoms with Crippen LogP contribution in [0.3, 0.4) is 0 Å². The van der Waals surface area contributed by atoms with E-state index in [1.807, 2.05) is 44.2 Å². The Bertz CT molecular complexity index is 498. The summed E-state index contributed by atoms with van der Waals surface area (Å²) in [6.45, 7) is 6.21. The van der Waals surface area contributed by atoms with Gasteiger partial charge in [-0.2, -0.15) is 0 Å². The second kappa shape index (κ2) is 9.19. The van der Waals surface area contributed by atoms with Crippen molar-refractivity contribution in [2.75, 3.05) is 19.8 Å². The molecule has 0 saturated heterocycles. The second-order valence-corrected chi connectivity index (χ2v) is 7.10. The molecule has 1 saturated carbocycles. The van der Waals surface area contributed by atoms with Crippen LogP contribution in [0.25, 0.3) is 0 Å². The molecule has 3 N–H and O–H groups in total. The Morgan fingerprint density at radius 3 is 2.58 bits per heavy atom. The van der Waals surface area contributed by atoms with Crippen LogP contribution in [0.2, 0.25) is 0 Å². The first-order chi connectivity index (χ1) is 11.6. The molecule has 0 aliphatic heterocycles. The van der Waals surface area contributed by atoms with Crippen LogP contribution in [0.4, 0.5) is 0 Å². The van der Waals surface area contributed by atoms with Gasteiger partial charge in [0.2, 0.25) is 5.91 Å². The summed E-state index contributed by atoms with van der Waals surface area (Å²) in [5.41, 5.74) is 7.49. The number of rotatable bonds is 9. The van der Waals surface area contributed by atoms with Crippen LogP contribution < -0.4 is 11.1 Å². The molecule has 1 aromatic rings. The molecule has 0 heterocycles. The third kappa shape index (κ3) is 5.05. The summed E-state index contributed by atoms with van der Waals surface area (Å²) < 4.78 is 5.54. The van der Waals surface area contributed by atoms with Crippen molar-refractivity contribution < 1.29 is 9.53 Å². The summed E-state index contributed by atoms with van der Waals surface area (Å²) in [4.78, 5) is 12.6. The minimum atomic E-state index is -0.269. The number of carbonyl (C=O) groups is 1. The Labute approximate surface area is 146 Å². The SMILES string of the molecule is CCOCCC1(CNC(=O)C(C)C(N)c2ccccc2)CCCC1. The highest BCUT2D eigenvalue weighted by Gasteiger charge is 2.34. The van der Waals surface area contributed by atoms with Gasteiger partial charge in [-0.05, 0) is 37.2 Å². The Kier molecular flexibility index (Phi) is 7.25. The molecule has 1 aliphatic rings. The lowest BCUT2D eigenvalue weighted by atomic mass is 9.82. The lowest BCUT2D eigenvalue weighted by Gasteiger charge is -2.30. The summed E-state index contributed by atoms with van der Waals surface area (Å²) in [6, 6.07) is 9.57. The Morgan fingerprint density at radius 2 is 1.96 bits per heavy atom. The molecule has 2 rings (SSSR count). The highest BCUT2D eigenvalue weighted by atomic mass is 16.5. The Morgan fingerprint density at radius 1 is 1.29 bits per heavy atom. The molecule has 2 unspecified atom stereocenters. The minimum absolute atomic E-state index is 0.0500. The van der Waals surface area contributed by atoms with E-state index in [-0.39, 0.29) is 23.3 Å². The number of ether oxygens (including phenoxy) is 1. The topological polar surface area (TPSA) is 64.3 Å². The van der Waals surface area contributed by atoms with E-state index >= 15 is 0 Å². The number of benzene rings is 1. The van der Waals surface area contributed by atoms with E-state index in [1.165, 1.54) is 25.7 Å². The van der Waals surface area contributed by atoms with E-state index in [9.17, 15) is 4.79 Å².